The molecule has 0 aromatic heterocycles. The van der Waals surface area contributed by atoms with Crippen molar-refractivity contribution in [2.24, 2.45) is 16.7 Å². The zero-order valence-corrected chi connectivity index (χ0v) is 12.1. The van der Waals surface area contributed by atoms with Crippen molar-refractivity contribution in [3.8, 4) is 0 Å². The molecule has 0 saturated heterocycles. The van der Waals surface area contributed by atoms with E-state index in [9.17, 15) is 5.11 Å². The lowest BCUT2D eigenvalue weighted by molar-refractivity contribution is 0.131. The first kappa shape index (κ1) is 14.5. The molecule has 98 valence electrons. The van der Waals surface area contributed by atoms with E-state index in [0.717, 1.165) is 19.3 Å². The summed E-state index contributed by atoms with van der Waals surface area (Å²) in [4.78, 5) is 0. The van der Waals surface area contributed by atoms with E-state index in [4.69, 9.17) is 0 Å². The van der Waals surface area contributed by atoms with Gasteiger partial charge in [-0.25, -0.2) is 0 Å². The van der Waals surface area contributed by atoms with E-state index < -0.39 is 0 Å². The van der Waals surface area contributed by atoms with Crippen molar-refractivity contribution >= 4 is 0 Å². The van der Waals surface area contributed by atoms with Gasteiger partial charge in [-0.2, -0.15) is 0 Å². The van der Waals surface area contributed by atoms with Gasteiger partial charge in [0.1, 0.15) is 0 Å². The zero-order valence-electron chi connectivity index (χ0n) is 12.1. The highest BCUT2D eigenvalue weighted by Crippen LogP contribution is 2.48. The molecular weight excluding hydrogens is 208 g/mol. The maximum atomic E-state index is 9.50. The molecule has 0 bridgehead atoms. The molecule has 1 heteroatoms. The Labute approximate surface area is 107 Å². The summed E-state index contributed by atoms with van der Waals surface area (Å²) in [5.74, 6) is 0.542. The van der Waals surface area contributed by atoms with E-state index >= 15 is 0 Å². The zero-order chi connectivity index (χ0) is 13.3. The second-order valence-electron chi connectivity index (χ2n) is 6.55. The number of allylic oxidation sites excluding steroid dienone is 3. The second kappa shape index (κ2) is 4.97. The minimum absolute atomic E-state index is 0.00363. The van der Waals surface area contributed by atoms with Gasteiger partial charge in [0.25, 0.3) is 0 Å². The maximum Gasteiger partial charge on any atom is 0.0487 e. The summed E-state index contributed by atoms with van der Waals surface area (Å²) in [5.41, 5.74) is 3.03. The molecule has 2 unspecified atom stereocenters. The predicted octanol–water partition coefficient (Wildman–Crippen LogP) is 4.33. The minimum Gasteiger partial charge on any atom is -0.396 e. The Hall–Kier alpha value is -0.560. The summed E-state index contributed by atoms with van der Waals surface area (Å²) in [6.45, 7) is 15.7. The van der Waals surface area contributed by atoms with Crippen LogP contribution in [-0.4, -0.2) is 11.7 Å². The number of hydrogen-bond donors (Lipinski definition) is 1. The maximum absolute atomic E-state index is 9.50. The number of aliphatic hydroxyl groups excluding tert-OH is 1. The molecule has 0 heterocycles. The topological polar surface area (TPSA) is 20.2 Å². The van der Waals surface area contributed by atoms with Crippen molar-refractivity contribution in [1.82, 2.24) is 0 Å². The van der Waals surface area contributed by atoms with Crippen molar-refractivity contribution in [1.29, 1.82) is 0 Å². The Kier molecular flexibility index (Phi) is 4.24. The Morgan fingerprint density at radius 1 is 1.59 bits per heavy atom. The van der Waals surface area contributed by atoms with E-state index in [1.807, 2.05) is 0 Å². The largest absolute Gasteiger partial charge is 0.396 e. The Bertz CT molecular complexity index is 318. The van der Waals surface area contributed by atoms with Crippen LogP contribution >= 0.6 is 0 Å². The fourth-order valence-corrected chi connectivity index (χ4v) is 2.77. The first-order chi connectivity index (χ1) is 7.77. The third kappa shape index (κ3) is 2.82. The van der Waals surface area contributed by atoms with Gasteiger partial charge in [0.2, 0.25) is 0 Å². The van der Waals surface area contributed by atoms with Gasteiger partial charge in [-0.1, -0.05) is 51.5 Å². The van der Waals surface area contributed by atoms with Crippen LogP contribution in [0.4, 0.5) is 0 Å². The summed E-state index contributed by atoms with van der Waals surface area (Å²) in [7, 11) is 0. The molecule has 17 heavy (non-hydrogen) atoms. The van der Waals surface area contributed by atoms with Crippen LogP contribution in [0.5, 0.6) is 0 Å². The Balaban J connectivity index is 2.74. The van der Waals surface area contributed by atoms with Crippen molar-refractivity contribution < 1.29 is 5.11 Å². The molecule has 1 rings (SSSR count). The predicted molar refractivity (Wildman–Crippen MR) is 74.9 cm³/mol. The molecule has 1 aliphatic carbocycles. The van der Waals surface area contributed by atoms with Gasteiger partial charge in [-0.15, -0.1) is 0 Å². The van der Waals surface area contributed by atoms with Gasteiger partial charge < -0.3 is 5.11 Å². The highest BCUT2D eigenvalue weighted by atomic mass is 16.3. The summed E-state index contributed by atoms with van der Waals surface area (Å²) in [5, 5.41) is 9.50. The molecule has 0 saturated carbocycles. The van der Waals surface area contributed by atoms with Crippen LogP contribution in [0.2, 0.25) is 0 Å². The summed E-state index contributed by atoms with van der Waals surface area (Å²) >= 11 is 0. The van der Waals surface area contributed by atoms with Crippen molar-refractivity contribution in [2.45, 2.75) is 53.9 Å². The lowest BCUT2D eigenvalue weighted by atomic mass is 9.70. The number of rotatable bonds is 5. The molecule has 2 atom stereocenters. The first-order valence-corrected chi connectivity index (χ1v) is 6.72. The summed E-state index contributed by atoms with van der Waals surface area (Å²) in [6, 6.07) is 0. The standard InChI is InChI=1S/C16H28O/c1-7-16(6,11-17)10-12(2)14-9-8-13(3)15(14,4)5/h8,14,17H,2,7,9-11H2,1,3-6H3. The van der Waals surface area contributed by atoms with Crippen LogP contribution in [0.25, 0.3) is 0 Å². The highest BCUT2D eigenvalue weighted by Gasteiger charge is 2.38. The number of hydrogen-bond acceptors (Lipinski definition) is 1. The molecule has 1 N–H and O–H groups in total. The molecule has 0 aliphatic heterocycles. The fourth-order valence-electron chi connectivity index (χ4n) is 2.77. The van der Waals surface area contributed by atoms with Crippen molar-refractivity contribution in [2.75, 3.05) is 6.61 Å². The van der Waals surface area contributed by atoms with E-state index in [2.05, 4.69) is 47.3 Å². The van der Waals surface area contributed by atoms with Crippen LogP contribution < -0.4 is 0 Å². The third-order valence-electron chi connectivity index (χ3n) is 4.93. The van der Waals surface area contributed by atoms with Crippen LogP contribution in [-0.2, 0) is 0 Å². The molecule has 0 radical (unpaired) electrons. The molecule has 1 aliphatic rings. The molecule has 0 aromatic rings. The average Bonchev–Trinajstić information content (AvgIpc) is 2.54. The van der Waals surface area contributed by atoms with Crippen LogP contribution in [0.15, 0.2) is 23.8 Å². The summed E-state index contributed by atoms with van der Waals surface area (Å²) in [6.07, 6.45) is 5.40. The molecule has 0 fully saturated rings. The van der Waals surface area contributed by atoms with Crippen molar-refractivity contribution in [3.63, 3.8) is 0 Å². The fraction of sp³-hybridized carbons (Fsp3) is 0.750. The lowest BCUT2D eigenvalue weighted by Gasteiger charge is -2.35. The third-order valence-corrected chi connectivity index (χ3v) is 4.93. The summed E-state index contributed by atoms with van der Waals surface area (Å²) < 4.78 is 0. The van der Waals surface area contributed by atoms with E-state index in [-0.39, 0.29) is 17.4 Å². The minimum atomic E-state index is 0.00363. The smallest absolute Gasteiger partial charge is 0.0487 e. The van der Waals surface area contributed by atoms with Gasteiger partial charge >= 0.3 is 0 Å². The van der Waals surface area contributed by atoms with Gasteiger partial charge in [-0.3, -0.25) is 0 Å². The number of aliphatic hydroxyl groups is 1. The monoisotopic (exact) mass is 236 g/mol. The Morgan fingerprint density at radius 2 is 2.18 bits per heavy atom. The van der Waals surface area contributed by atoms with Gasteiger partial charge in [0.05, 0.1) is 0 Å². The van der Waals surface area contributed by atoms with E-state index in [1.54, 1.807) is 0 Å². The van der Waals surface area contributed by atoms with Gasteiger partial charge in [0, 0.05) is 6.61 Å². The first-order valence-electron chi connectivity index (χ1n) is 6.72. The highest BCUT2D eigenvalue weighted by molar-refractivity contribution is 5.26. The van der Waals surface area contributed by atoms with Crippen molar-refractivity contribution in [3.05, 3.63) is 23.8 Å². The van der Waals surface area contributed by atoms with Crippen LogP contribution in [0.3, 0.4) is 0 Å². The van der Waals surface area contributed by atoms with Gasteiger partial charge in [0.15, 0.2) is 0 Å². The molecule has 0 amide bonds. The van der Waals surface area contributed by atoms with E-state index in [1.165, 1.54) is 11.1 Å². The van der Waals surface area contributed by atoms with E-state index in [0.29, 0.717) is 5.92 Å². The average molecular weight is 236 g/mol. The Morgan fingerprint density at radius 3 is 2.53 bits per heavy atom. The SMILES string of the molecule is C=C(CC(C)(CC)CO)C1CC=C(C)C1(C)C. The molecule has 0 aromatic carbocycles. The lowest BCUT2D eigenvalue weighted by Crippen LogP contribution is -2.27. The van der Waals surface area contributed by atoms with Crippen LogP contribution in [0, 0.1) is 16.7 Å². The molecule has 1 nitrogen and oxygen atoms in total. The van der Waals surface area contributed by atoms with Crippen LogP contribution in [0.1, 0.15) is 53.9 Å². The second-order valence-corrected chi connectivity index (χ2v) is 6.55. The molecule has 0 spiro atoms. The normalized spacial score (nSPS) is 26.5. The van der Waals surface area contributed by atoms with Gasteiger partial charge in [-0.05, 0) is 42.9 Å². The molecular formula is C16H28O. The quantitative estimate of drug-likeness (QED) is 0.704.